The van der Waals surface area contributed by atoms with E-state index in [-0.39, 0.29) is 12.6 Å². The molecule has 0 bridgehead atoms. The zero-order valence-electron chi connectivity index (χ0n) is 10.0. The summed E-state index contributed by atoms with van der Waals surface area (Å²) in [7, 11) is 0. The predicted molar refractivity (Wildman–Crippen MR) is 64.6 cm³/mol. The number of halogens is 1. The lowest BCUT2D eigenvalue weighted by Crippen LogP contribution is -1.98. The van der Waals surface area contributed by atoms with E-state index in [9.17, 15) is 4.39 Å². The highest BCUT2D eigenvalue weighted by molar-refractivity contribution is 5.57. The van der Waals surface area contributed by atoms with E-state index in [1.165, 1.54) is 6.33 Å². The van der Waals surface area contributed by atoms with Crippen LogP contribution in [-0.2, 0) is 0 Å². The second kappa shape index (κ2) is 4.40. The van der Waals surface area contributed by atoms with Gasteiger partial charge in [0.05, 0.1) is 18.1 Å². The molecule has 0 saturated heterocycles. The first-order valence-corrected chi connectivity index (χ1v) is 5.95. The fourth-order valence-electron chi connectivity index (χ4n) is 2.21. The van der Waals surface area contributed by atoms with E-state index in [0.29, 0.717) is 5.92 Å². The highest BCUT2D eigenvalue weighted by Crippen LogP contribution is 2.48. The standard InChI is InChI=1S/C13H13FN4/c1-8-11(12-2-9(12)4-14)3-13(18-17-8)10-5-15-7-16-6-10/h3,5-7,9,12H,2,4H2,1H3/t9-,12+/m1/s1. The van der Waals surface area contributed by atoms with Crippen LogP contribution >= 0.6 is 0 Å². The number of alkyl halides is 1. The number of aryl methyl sites for hydroxylation is 1. The minimum absolute atomic E-state index is 0.160. The summed E-state index contributed by atoms with van der Waals surface area (Å²) in [5.74, 6) is 0.460. The van der Waals surface area contributed by atoms with Crippen molar-refractivity contribution in [3.63, 3.8) is 0 Å². The van der Waals surface area contributed by atoms with Gasteiger partial charge in [-0.05, 0) is 36.8 Å². The molecular weight excluding hydrogens is 231 g/mol. The van der Waals surface area contributed by atoms with Crippen molar-refractivity contribution in [2.24, 2.45) is 5.92 Å². The van der Waals surface area contributed by atoms with Crippen LogP contribution in [0.1, 0.15) is 23.6 Å². The lowest BCUT2D eigenvalue weighted by Gasteiger charge is -2.06. The van der Waals surface area contributed by atoms with Gasteiger partial charge in [0.25, 0.3) is 0 Å². The van der Waals surface area contributed by atoms with Gasteiger partial charge in [-0.2, -0.15) is 10.2 Å². The Bertz CT molecular complexity index is 558. The Morgan fingerprint density at radius 2 is 2.06 bits per heavy atom. The van der Waals surface area contributed by atoms with Gasteiger partial charge in [-0.3, -0.25) is 4.39 Å². The zero-order valence-corrected chi connectivity index (χ0v) is 10.0. The molecule has 1 fully saturated rings. The highest BCUT2D eigenvalue weighted by Gasteiger charge is 2.39. The molecule has 1 saturated carbocycles. The maximum Gasteiger partial charge on any atom is 0.115 e. The van der Waals surface area contributed by atoms with Crippen molar-refractivity contribution in [1.82, 2.24) is 20.2 Å². The molecule has 1 aliphatic carbocycles. The molecule has 4 nitrogen and oxygen atoms in total. The first-order valence-electron chi connectivity index (χ1n) is 5.95. The Hall–Kier alpha value is -1.91. The molecule has 0 aromatic carbocycles. The van der Waals surface area contributed by atoms with Crippen molar-refractivity contribution < 1.29 is 4.39 Å². The summed E-state index contributed by atoms with van der Waals surface area (Å²) in [6, 6.07) is 1.99. The second-order valence-corrected chi connectivity index (χ2v) is 4.65. The monoisotopic (exact) mass is 244 g/mol. The number of rotatable bonds is 3. The Balaban J connectivity index is 1.97. The van der Waals surface area contributed by atoms with Gasteiger partial charge in [-0.1, -0.05) is 0 Å². The molecule has 18 heavy (non-hydrogen) atoms. The normalized spacial score (nSPS) is 21.9. The van der Waals surface area contributed by atoms with Gasteiger partial charge in [0.2, 0.25) is 0 Å². The lowest BCUT2D eigenvalue weighted by molar-refractivity contribution is 0.452. The number of hydrogen-bond acceptors (Lipinski definition) is 4. The molecule has 0 amide bonds. The van der Waals surface area contributed by atoms with Crippen molar-refractivity contribution in [2.45, 2.75) is 19.3 Å². The van der Waals surface area contributed by atoms with Crippen LogP contribution in [0.25, 0.3) is 11.3 Å². The van der Waals surface area contributed by atoms with Gasteiger partial charge in [0.15, 0.2) is 0 Å². The molecule has 0 radical (unpaired) electrons. The van der Waals surface area contributed by atoms with E-state index in [1.807, 2.05) is 13.0 Å². The summed E-state index contributed by atoms with van der Waals surface area (Å²) in [4.78, 5) is 7.93. The van der Waals surface area contributed by atoms with Crippen LogP contribution in [0.15, 0.2) is 24.8 Å². The fourth-order valence-corrected chi connectivity index (χ4v) is 2.21. The van der Waals surface area contributed by atoms with E-state index in [0.717, 1.165) is 28.9 Å². The van der Waals surface area contributed by atoms with Crippen molar-refractivity contribution in [3.05, 3.63) is 36.0 Å². The summed E-state index contributed by atoms with van der Waals surface area (Å²) in [5.41, 5.74) is 3.58. The summed E-state index contributed by atoms with van der Waals surface area (Å²) in [5, 5.41) is 8.30. The third-order valence-corrected chi connectivity index (χ3v) is 3.39. The topological polar surface area (TPSA) is 51.6 Å². The van der Waals surface area contributed by atoms with Crippen LogP contribution in [0.2, 0.25) is 0 Å². The minimum Gasteiger partial charge on any atom is -0.251 e. The summed E-state index contributed by atoms with van der Waals surface area (Å²) in [6.45, 7) is 1.66. The third-order valence-electron chi connectivity index (χ3n) is 3.39. The number of hydrogen-bond donors (Lipinski definition) is 0. The first kappa shape index (κ1) is 11.2. The Morgan fingerprint density at radius 1 is 1.28 bits per heavy atom. The molecule has 92 valence electrons. The summed E-state index contributed by atoms with van der Waals surface area (Å²) >= 11 is 0. The van der Waals surface area contributed by atoms with Crippen molar-refractivity contribution in [3.8, 4) is 11.3 Å². The molecular formula is C13H13FN4. The van der Waals surface area contributed by atoms with E-state index in [2.05, 4.69) is 20.2 Å². The van der Waals surface area contributed by atoms with Gasteiger partial charge >= 0.3 is 0 Å². The molecule has 0 aliphatic heterocycles. The van der Waals surface area contributed by atoms with Crippen LogP contribution in [-0.4, -0.2) is 26.8 Å². The molecule has 1 aliphatic rings. The molecule has 0 N–H and O–H groups in total. The Morgan fingerprint density at radius 3 is 2.72 bits per heavy atom. The maximum absolute atomic E-state index is 12.6. The van der Waals surface area contributed by atoms with Crippen LogP contribution < -0.4 is 0 Å². The van der Waals surface area contributed by atoms with E-state index in [1.54, 1.807) is 12.4 Å². The van der Waals surface area contributed by atoms with Crippen molar-refractivity contribution in [2.75, 3.05) is 6.67 Å². The fraction of sp³-hybridized carbons (Fsp3) is 0.385. The van der Waals surface area contributed by atoms with E-state index < -0.39 is 0 Å². The number of aromatic nitrogens is 4. The average molecular weight is 244 g/mol. The van der Waals surface area contributed by atoms with Gasteiger partial charge in [0, 0.05) is 18.0 Å². The van der Waals surface area contributed by atoms with Crippen molar-refractivity contribution in [1.29, 1.82) is 0 Å². The zero-order chi connectivity index (χ0) is 12.5. The highest BCUT2D eigenvalue weighted by atomic mass is 19.1. The minimum atomic E-state index is -0.254. The first-order chi connectivity index (χ1) is 8.79. The van der Waals surface area contributed by atoms with Crippen LogP contribution in [0.4, 0.5) is 4.39 Å². The second-order valence-electron chi connectivity index (χ2n) is 4.65. The molecule has 2 aromatic heterocycles. The molecule has 2 aromatic rings. The molecule has 3 rings (SSSR count). The Kier molecular flexibility index (Phi) is 2.74. The van der Waals surface area contributed by atoms with Crippen LogP contribution in [0, 0.1) is 12.8 Å². The predicted octanol–water partition coefficient (Wildman–Crippen LogP) is 2.32. The molecule has 0 spiro atoms. The van der Waals surface area contributed by atoms with Gasteiger partial charge in [-0.25, -0.2) is 9.97 Å². The van der Waals surface area contributed by atoms with E-state index in [4.69, 9.17) is 0 Å². The third kappa shape index (κ3) is 1.96. The molecule has 2 atom stereocenters. The quantitative estimate of drug-likeness (QED) is 0.831. The summed E-state index contributed by atoms with van der Waals surface area (Å²) in [6.07, 6.45) is 5.80. The maximum atomic E-state index is 12.6. The largest absolute Gasteiger partial charge is 0.251 e. The summed E-state index contributed by atoms with van der Waals surface area (Å²) < 4.78 is 12.6. The van der Waals surface area contributed by atoms with Gasteiger partial charge in [0.1, 0.15) is 6.33 Å². The molecule has 0 unspecified atom stereocenters. The van der Waals surface area contributed by atoms with Crippen LogP contribution in [0.3, 0.4) is 0 Å². The van der Waals surface area contributed by atoms with E-state index >= 15 is 0 Å². The van der Waals surface area contributed by atoms with Gasteiger partial charge in [-0.15, -0.1) is 0 Å². The van der Waals surface area contributed by atoms with Gasteiger partial charge < -0.3 is 0 Å². The molecule has 5 heteroatoms. The molecule has 2 heterocycles. The van der Waals surface area contributed by atoms with Crippen LogP contribution in [0.5, 0.6) is 0 Å². The average Bonchev–Trinajstić information content (AvgIpc) is 3.20. The lowest BCUT2D eigenvalue weighted by atomic mass is 10.1. The Labute approximate surface area is 104 Å². The SMILES string of the molecule is Cc1nnc(-c2cncnc2)cc1[C@H]1C[C@@H]1CF. The smallest absolute Gasteiger partial charge is 0.115 e. The number of nitrogens with zero attached hydrogens (tertiary/aromatic N) is 4. The van der Waals surface area contributed by atoms with Crippen molar-refractivity contribution >= 4 is 0 Å².